The van der Waals surface area contributed by atoms with Gasteiger partial charge in [-0.2, -0.15) is 5.10 Å². The van der Waals surface area contributed by atoms with Crippen molar-refractivity contribution in [2.45, 2.75) is 94.8 Å². The van der Waals surface area contributed by atoms with Crippen molar-refractivity contribution >= 4 is 44.1 Å². The van der Waals surface area contributed by atoms with Crippen LogP contribution in [0, 0.1) is 23.5 Å². The largest absolute Gasteiger partial charge is 0.460 e. The first-order chi connectivity index (χ1) is 23.3. The number of hydrogen-bond acceptors (Lipinski definition) is 7. The van der Waals surface area contributed by atoms with Gasteiger partial charge in [-0.1, -0.05) is 23.6 Å². The van der Waals surface area contributed by atoms with E-state index in [0.29, 0.717) is 24.0 Å². The van der Waals surface area contributed by atoms with Crippen molar-refractivity contribution in [2.75, 3.05) is 5.73 Å². The second-order valence-corrected chi connectivity index (χ2v) is 17.1. The summed E-state index contributed by atoms with van der Waals surface area (Å²) in [4.78, 5) is 18.2. The Hall–Kier alpha value is -4.15. The molecule has 1 fully saturated rings. The number of carbonyl (C=O) groups is 1. The van der Waals surface area contributed by atoms with Crippen LogP contribution in [0.25, 0.3) is 22.0 Å². The number of nitrogen functional groups attached to an aromatic ring is 1. The molecular formula is C36H37ClF4N4O4S. The second kappa shape index (κ2) is 13.9. The number of anilines is 1. The zero-order valence-electron chi connectivity index (χ0n) is 28.2. The van der Waals surface area contributed by atoms with Crippen molar-refractivity contribution < 1.29 is 35.5 Å². The summed E-state index contributed by atoms with van der Waals surface area (Å²) in [6.45, 7) is 7.31. The highest BCUT2D eigenvalue weighted by atomic mass is 35.5. The molecule has 2 heterocycles. The van der Waals surface area contributed by atoms with Gasteiger partial charge in [-0.25, -0.2) is 31.0 Å². The number of benzene rings is 2. The molecule has 0 bridgehead atoms. The van der Waals surface area contributed by atoms with Gasteiger partial charge in [0.15, 0.2) is 15.7 Å². The van der Waals surface area contributed by atoms with Crippen LogP contribution in [0.1, 0.15) is 76.8 Å². The summed E-state index contributed by atoms with van der Waals surface area (Å²) in [5.41, 5.74) is 6.72. The Kier molecular flexibility index (Phi) is 10.3. The minimum Gasteiger partial charge on any atom is -0.460 e. The highest BCUT2D eigenvalue weighted by molar-refractivity contribution is 7.93. The lowest BCUT2D eigenvalue weighted by Gasteiger charge is -2.24. The van der Waals surface area contributed by atoms with Crippen molar-refractivity contribution in [2.24, 2.45) is 0 Å². The quantitative estimate of drug-likeness (QED) is 0.101. The van der Waals surface area contributed by atoms with Crippen LogP contribution in [0.3, 0.4) is 0 Å². The first kappa shape index (κ1) is 37.1. The molecule has 0 radical (unpaired) electrons. The van der Waals surface area contributed by atoms with E-state index in [0.717, 1.165) is 22.9 Å². The van der Waals surface area contributed by atoms with Gasteiger partial charge in [0.05, 0.1) is 33.3 Å². The van der Waals surface area contributed by atoms with E-state index >= 15 is 0 Å². The van der Waals surface area contributed by atoms with E-state index in [2.05, 4.69) is 16.9 Å². The number of carbonyl (C=O) groups excluding carboxylic acids is 1. The van der Waals surface area contributed by atoms with E-state index < -0.39 is 61.9 Å². The summed E-state index contributed by atoms with van der Waals surface area (Å²) >= 11 is 6.48. The molecule has 0 saturated heterocycles. The molecule has 0 aliphatic heterocycles. The smallest absolute Gasteiger partial charge is 0.306 e. The molecular weight excluding hydrogens is 696 g/mol. The Morgan fingerprint density at radius 2 is 1.70 bits per heavy atom. The normalized spacial score (nSPS) is 14.5. The number of sulfone groups is 1. The van der Waals surface area contributed by atoms with Crippen LogP contribution >= 0.6 is 11.6 Å². The Morgan fingerprint density at radius 1 is 1.06 bits per heavy atom. The molecule has 14 heteroatoms. The molecule has 0 amide bonds. The van der Waals surface area contributed by atoms with Crippen molar-refractivity contribution in [1.82, 2.24) is 14.8 Å². The monoisotopic (exact) mass is 732 g/mol. The van der Waals surface area contributed by atoms with E-state index in [-0.39, 0.29) is 51.5 Å². The third kappa shape index (κ3) is 8.24. The first-order valence-electron chi connectivity index (χ1n) is 15.9. The molecule has 1 aliphatic rings. The summed E-state index contributed by atoms with van der Waals surface area (Å²) < 4.78 is 87.7. The number of aromatic nitrogens is 3. The zero-order valence-corrected chi connectivity index (χ0v) is 29.7. The van der Waals surface area contributed by atoms with Crippen LogP contribution in [0.5, 0.6) is 0 Å². The number of pyridine rings is 1. The van der Waals surface area contributed by atoms with Gasteiger partial charge >= 0.3 is 5.97 Å². The van der Waals surface area contributed by atoms with Crippen molar-refractivity contribution in [3.8, 4) is 23.0 Å². The van der Waals surface area contributed by atoms with E-state index in [9.17, 15) is 30.8 Å². The van der Waals surface area contributed by atoms with Gasteiger partial charge in [0.1, 0.15) is 34.2 Å². The van der Waals surface area contributed by atoms with Gasteiger partial charge in [0.2, 0.25) is 0 Å². The van der Waals surface area contributed by atoms with E-state index in [1.54, 1.807) is 32.9 Å². The maximum absolute atomic E-state index is 14.4. The zero-order chi connectivity index (χ0) is 36.8. The summed E-state index contributed by atoms with van der Waals surface area (Å²) in [5.74, 6) is 2.46. The molecule has 0 unspecified atom stereocenters. The number of esters is 1. The Balaban J connectivity index is 1.75. The minimum atomic E-state index is -3.57. The molecule has 5 rings (SSSR count). The summed E-state index contributed by atoms with van der Waals surface area (Å²) in [6, 6.07) is 9.26. The summed E-state index contributed by atoms with van der Waals surface area (Å²) in [5, 5.41) is 4.05. The van der Waals surface area contributed by atoms with Crippen molar-refractivity contribution in [1.29, 1.82) is 0 Å². The molecule has 1 saturated carbocycles. The Bertz CT molecular complexity index is 2110. The van der Waals surface area contributed by atoms with Gasteiger partial charge in [-0.3, -0.25) is 9.48 Å². The molecule has 2 aromatic heterocycles. The fourth-order valence-electron chi connectivity index (χ4n) is 5.82. The maximum atomic E-state index is 14.4. The molecule has 2 aromatic carbocycles. The molecule has 4 aromatic rings. The summed E-state index contributed by atoms with van der Waals surface area (Å²) in [7, 11) is -3.57. The Labute approximate surface area is 293 Å². The number of fused-ring (bicyclic) bond motifs is 1. The van der Waals surface area contributed by atoms with Gasteiger partial charge in [-0.15, -0.1) is 0 Å². The number of halogens is 5. The highest BCUT2D eigenvalue weighted by Gasteiger charge is 2.45. The van der Waals surface area contributed by atoms with Gasteiger partial charge in [0.25, 0.3) is 6.43 Å². The Morgan fingerprint density at radius 3 is 2.30 bits per heavy atom. The van der Waals surface area contributed by atoms with Crippen LogP contribution in [-0.2, 0) is 32.3 Å². The topological polar surface area (TPSA) is 117 Å². The lowest BCUT2D eigenvalue weighted by molar-refractivity contribution is -0.155. The average molecular weight is 733 g/mol. The summed E-state index contributed by atoms with van der Waals surface area (Å²) in [6.07, 6.45) is -2.05. The third-order valence-corrected chi connectivity index (χ3v) is 11.4. The third-order valence-electron chi connectivity index (χ3n) is 8.19. The van der Waals surface area contributed by atoms with Gasteiger partial charge in [0, 0.05) is 23.1 Å². The standard InChI is InChI=1S/C36H37ClF4N4O4S/c1-35(2,3)49-30(46)17-21(14-20-15-22(38)18-23(39)16-20)32-26(9-6-24(43-32)12-13-36(4,5)50(47,48)25-7-8-25)27-10-11-28(37)31-33(27)45(19-29(40)41)44-34(31)42/h6,9-11,15-16,18,21,25,29H,7-8,14,17,19H2,1-5H3,(H2,42,44)/t21-/m1/s1. The number of nitrogens with two attached hydrogens (primary N) is 1. The maximum Gasteiger partial charge on any atom is 0.306 e. The van der Waals surface area contributed by atoms with Crippen LogP contribution in [0.15, 0.2) is 42.5 Å². The fourth-order valence-corrected chi connectivity index (χ4v) is 7.85. The minimum absolute atomic E-state index is 0.0795. The highest BCUT2D eigenvalue weighted by Crippen LogP contribution is 2.41. The molecule has 8 nitrogen and oxygen atoms in total. The van der Waals surface area contributed by atoms with Gasteiger partial charge < -0.3 is 10.5 Å². The van der Waals surface area contributed by atoms with E-state index in [1.807, 2.05) is 0 Å². The molecule has 50 heavy (non-hydrogen) atoms. The molecule has 1 atom stereocenters. The number of hydrogen-bond donors (Lipinski definition) is 1. The van der Waals surface area contributed by atoms with Crippen LogP contribution in [0.4, 0.5) is 23.4 Å². The van der Waals surface area contributed by atoms with Crippen LogP contribution in [0.2, 0.25) is 5.02 Å². The average Bonchev–Trinajstić information content (AvgIpc) is 3.79. The second-order valence-electron chi connectivity index (χ2n) is 13.9. The number of rotatable bonds is 10. The predicted octanol–water partition coefficient (Wildman–Crippen LogP) is 7.64. The lowest BCUT2D eigenvalue weighted by atomic mass is 9.87. The van der Waals surface area contributed by atoms with Gasteiger partial charge in [-0.05, 0) is 95.7 Å². The first-order valence-corrected chi connectivity index (χ1v) is 17.9. The lowest BCUT2D eigenvalue weighted by Crippen LogP contribution is -2.33. The van der Waals surface area contributed by atoms with Crippen LogP contribution < -0.4 is 5.73 Å². The predicted molar refractivity (Wildman–Crippen MR) is 185 cm³/mol. The van der Waals surface area contributed by atoms with E-state index in [1.165, 1.54) is 26.0 Å². The molecule has 2 N–H and O–H groups in total. The van der Waals surface area contributed by atoms with Crippen LogP contribution in [-0.4, -0.2) is 51.2 Å². The fraction of sp³-hybridized carbons (Fsp3) is 0.417. The molecule has 1 aliphatic carbocycles. The van der Waals surface area contributed by atoms with Crippen molar-refractivity contribution in [3.63, 3.8) is 0 Å². The van der Waals surface area contributed by atoms with Crippen molar-refractivity contribution in [3.05, 3.63) is 76.1 Å². The van der Waals surface area contributed by atoms with E-state index in [4.69, 9.17) is 27.1 Å². The number of alkyl halides is 2. The molecule has 266 valence electrons. The number of ether oxygens (including phenoxy) is 1. The molecule has 0 spiro atoms. The SMILES string of the molecule is CC(C)(C)OC(=O)C[C@@H](Cc1cc(F)cc(F)c1)c1nc(C#CC(C)(C)S(=O)(=O)C2CC2)ccc1-c1ccc(Cl)c2c(N)nn(CC(F)F)c12. The number of nitrogens with zero attached hydrogens (tertiary/aromatic N) is 3.